The van der Waals surface area contributed by atoms with E-state index >= 15 is 0 Å². The molecule has 0 spiro atoms. The fourth-order valence-corrected chi connectivity index (χ4v) is 1.77. The third-order valence-electron chi connectivity index (χ3n) is 2.81. The Morgan fingerprint density at radius 1 is 1.33 bits per heavy atom. The van der Waals surface area contributed by atoms with Gasteiger partial charge in [0.05, 0.1) is 13.2 Å². The van der Waals surface area contributed by atoms with Gasteiger partial charge in [0.15, 0.2) is 0 Å². The van der Waals surface area contributed by atoms with Crippen LogP contribution in [0.3, 0.4) is 0 Å². The summed E-state index contributed by atoms with van der Waals surface area (Å²) in [4.78, 5) is 2.43. The normalized spacial score (nSPS) is 22.7. The van der Waals surface area contributed by atoms with Crippen LogP contribution in [0.25, 0.3) is 0 Å². The van der Waals surface area contributed by atoms with Gasteiger partial charge in [-0.05, 0) is 6.42 Å². The predicted molar refractivity (Wildman–Crippen MR) is 58.6 cm³/mol. The standard InChI is InChI=1S/C10H20N4O/c1-2-10-9-14(12-11-10)4-3-13-5-7-15-8-6-13/h9,11-12H,2-8H2,1H3. The average Bonchev–Trinajstić information content (AvgIpc) is 2.76. The first kappa shape index (κ1) is 10.7. The Labute approximate surface area is 91.0 Å². The third-order valence-corrected chi connectivity index (χ3v) is 2.81. The number of nitrogens with zero attached hydrogens (tertiary/aromatic N) is 2. The lowest BCUT2D eigenvalue weighted by Crippen LogP contribution is -2.44. The molecule has 0 radical (unpaired) electrons. The number of allylic oxidation sites excluding steroid dienone is 1. The molecule has 2 aliphatic heterocycles. The van der Waals surface area contributed by atoms with E-state index < -0.39 is 0 Å². The van der Waals surface area contributed by atoms with Gasteiger partial charge in [-0.1, -0.05) is 6.92 Å². The zero-order valence-electron chi connectivity index (χ0n) is 9.33. The molecule has 2 N–H and O–H groups in total. The minimum Gasteiger partial charge on any atom is -0.379 e. The van der Waals surface area contributed by atoms with Gasteiger partial charge in [-0.2, -0.15) is 0 Å². The molecule has 86 valence electrons. The second kappa shape index (κ2) is 5.34. The summed E-state index contributed by atoms with van der Waals surface area (Å²) in [6.45, 7) is 8.12. The Morgan fingerprint density at radius 2 is 2.13 bits per heavy atom. The molecule has 0 aliphatic carbocycles. The molecule has 0 atom stereocenters. The van der Waals surface area contributed by atoms with E-state index in [4.69, 9.17) is 4.74 Å². The van der Waals surface area contributed by atoms with E-state index in [0.29, 0.717) is 0 Å². The van der Waals surface area contributed by atoms with Gasteiger partial charge in [-0.15, -0.1) is 5.53 Å². The molecule has 0 amide bonds. The third kappa shape index (κ3) is 3.09. The average molecular weight is 212 g/mol. The van der Waals surface area contributed by atoms with Gasteiger partial charge in [-0.25, -0.2) is 0 Å². The highest BCUT2D eigenvalue weighted by Gasteiger charge is 2.13. The van der Waals surface area contributed by atoms with Crippen molar-refractivity contribution in [3.63, 3.8) is 0 Å². The van der Waals surface area contributed by atoms with Crippen LogP contribution in [0.1, 0.15) is 13.3 Å². The molecule has 1 saturated heterocycles. The maximum atomic E-state index is 5.31. The molecule has 5 nitrogen and oxygen atoms in total. The smallest absolute Gasteiger partial charge is 0.0594 e. The topological polar surface area (TPSA) is 39.8 Å². The van der Waals surface area contributed by atoms with Crippen molar-refractivity contribution < 1.29 is 4.74 Å². The predicted octanol–water partition coefficient (Wildman–Crippen LogP) is -0.105. The van der Waals surface area contributed by atoms with Crippen molar-refractivity contribution in [1.82, 2.24) is 20.9 Å². The SMILES string of the molecule is CCC1=CN(CCN2CCOCC2)NN1. The number of rotatable bonds is 4. The second-order valence-corrected chi connectivity index (χ2v) is 3.89. The van der Waals surface area contributed by atoms with Crippen LogP contribution in [0.4, 0.5) is 0 Å². The van der Waals surface area contributed by atoms with Gasteiger partial charge in [0, 0.05) is 38.1 Å². The van der Waals surface area contributed by atoms with Crippen molar-refractivity contribution in [3.8, 4) is 0 Å². The van der Waals surface area contributed by atoms with Crippen molar-refractivity contribution in [1.29, 1.82) is 0 Å². The molecular formula is C10H20N4O. The molecule has 5 heteroatoms. The summed E-state index contributed by atoms with van der Waals surface area (Å²) in [7, 11) is 0. The van der Waals surface area contributed by atoms with Gasteiger partial charge in [0.2, 0.25) is 0 Å². The van der Waals surface area contributed by atoms with Crippen LogP contribution in [0.15, 0.2) is 11.9 Å². The molecular weight excluding hydrogens is 192 g/mol. The van der Waals surface area contributed by atoms with Crippen molar-refractivity contribution in [2.45, 2.75) is 13.3 Å². The van der Waals surface area contributed by atoms with Crippen molar-refractivity contribution in [3.05, 3.63) is 11.9 Å². The Bertz CT molecular complexity index is 225. The first-order valence-corrected chi connectivity index (χ1v) is 5.67. The highest BCUT2D eigenvalue weighted by molar-refractivity contribution is 5.00. The minimum absolute atomic E-state index is 0.877. The van der Waals surface area contributed by atoms with E-state index in [9.17, 15) is 0 Å². The van der Waals surface area contributed by atoms with E-state index in [1.54, 1.807) is 0 Å². The van der Waals surface area contributed by atoms with Crippen molar-refractivity contribution >= 4 is 0 Å². The lowest BCUT2D eigenvalue weighted by molar-refractivity contribution is 0.0334. The fraction of sp³-hybridized carbons (Fsp3) is 0.800. The number of ether oxygens (including phenoxy) is 1. The van der Waals surface area contributed by atoms with E-state index in [2.05, 4.69) is 34.0 Å². The molecule has 2 rings (SSSR count). The summed E-state index contributed by atoms with van der Waals surface area (Å²) in [5.74, 6) is 0. The Hall–Kier alpha value is -0.780. The molecule has 0 bridgehead atoms. The number of hydrogen-bond acceptors (Lipinski definition) is 5. The summed E-state index contributed by atoms with van der Waals surface area (Å²) >= 11 is 0. The van der Waals surface area contributed by atoms with Crippen LogP contribution >= 0.6 is 0 Å². The Kier molecular flexibility index (Phi) is 3.82. The van der Waals surface area contributed by atoms with Crippen LogP contribution in [0.2, 0.25) is 0 Å². The summed E-state index contributed by atoms with van der Waals surface area (Å²) in [5, 5.41) is 2.11. The maximum Gasteiger partial charge on any atom is 0.0594 e. The van der Waals surface area contributed by atoms with Gasteiger partial charge in [-0.3, -0.25) is 9.91 Å². The van der Waals surface area contributed by atoms with Crippen LogP contribution in [-0.2, 0) is 4.74 Å². The van der Waals surface area contributed by atoms with E-state index in [-0.39, 0.29) is 0 Å². The first-order valence-electron chi connectivity index (χ1n) is 5.67. The van der Waals surface area contributed by atoms with E-state index in [0.717, 1.165) is 45.8 Å². The van der Waals surface area contributed by atoms with E-state index in [1.165, 1.54) is 5.70 Å². The van der Waals surface area contributed by atoms with Gasteiger partial charge in [0.1, 0.15) is 0 Å². The largest absolute Gasteiger partial charge is 0.379 e. The summed E-state index contributed by atoms with van der Waals surface area (Å²) in [6, 6.07) is 0. The van der Waals surface area contributed by atoms with Crippen molar-refractivity contribution in [2.75, 3.05) is 39.4 Å². The lowest BCUT2D eigenvalue weighted by Gasteiger charge is -2.28. The number of morpholine rings is 1. The summed E-state index contributed by atoms with van der Waals surface area (Å²) in [5.41, 5.74) is 7.52. The fourth-order valence-electron chi connectivity index (χ4n) is 1.77. The molecule has 0 aromatic rings. The second-order valence-electron chi connectivity index (χ2n) is 3.89. The number of hydrazine groups is 2. The highest BCUT2D eigenvalue weighted by Crippen LogP contribution is 2.03. The summed E-state index contributed by atoms with van der Waals surface area (Å²) in [6.07, 6.45) is 3.18. The van der Waals surface area contributed by atoms with Gasteiger partial charge >= 0.3 is 0 Å². The molecule has 0 saturated carbocycles. The van der Waals surface area contributed by atoms with E-state index in [1.807, 2.05) is 0 Å². The Morgan fingerprint density at radius 3 is 2.80 bits per heavy atom. The minimum atomic E-state index is 0.877. The Balaban J connectivity index is 1.67. The van der Waals surface area contributed by atoms with Crippen LogP contribution in [0.5, 0.6) is 0 Å². The molecule has 1 fully saturated rings. The zero-order valence-corrected chi connectivity index (χ0v) is 9.33. The molecule has 0 aromatic carbocycles. The molecule has 2 aliphatic rings. The zero-order chi connectivity index (χ0) is 10.5. The molecule has 15 heavy (non-hydrogen) atoms. The molecule has 0 aromatic heterocycles. The highest BCUT2D eigenvalue weighted by atomic mass is 16.5. The van der Waals surface area contributed by atoms with Crippen LogP contribution < -0.4 is 11.0 Å². The quantitative estimate of drug-likeness (QED) is 0.681. The lowest BCUT2D eigenvalue weighted by atomic mass is 10.4. The van der Waals surface area contributed by atoms with Crippen molar-refractivity contribution in [2.24, 2.45) is 0 Å². The maximum absolute atomic E-state index is 5.31. The monoisotopic (exact) mass is 212 g/mol. The number of hydrogen-bond donors (Lipinski definition) is 2. The summed E-state index contributed by atoms with van der Waals surface area (Å²) < 4.78 is 5.31. The van der Waals surface area contributed by atoms with Crippen LogP contribution in [-0.4, -0.2) is 49.3 Å². The van der Waals surface area contributed by atoms with Crippen LogP contribution in [0, 0.1) is 0 Å². The number of nitrogens with one attached hydrogen (secondary N) is 2. The molecule has 2 heterocycles. The molecule has 0 unspecified atom stereocenters. The van der Waals surface area contributed by atoms with Gasteiger partial charge in [0.25, 0.3) is 0 Å². The first-order chi connectivity index (χ1) is 7.38. The van der Waals surface area contributed by atoms with Gasteiger partial charge < -0.3 is 10.2 Å².